The van der Waals surface area contributed by atoms with Gasteiger partial charge < -0.3 is 5.32 Å². The van der Waals surface area contributed by atoms with Crippen LogP contribution in [-0.2, 0) is 15.4 Å². The molecule has 0 saturated heterocycles. The third-order valence-electron chi connectivity index (χ3n) is 2.73. The fourth-order valence-corrected chi connectivity index (χ4v) is 2.68. The highest BCUT2D eigenvalue weighted by atomic mass is 32.2. The van der Waals surface area contributed by atoms with Gasteiger partial charge in [-0.05, 0) is 29.9 Å². The standard InChI is InChI=1S/C12H17FN2O2S2/c1-12(2,8-13)9-4-6-10(7-5-9)19(16,17)15-11(18)14-3/h4-7H,8H2,1-3H3,(H2,14,15,18). The molecule has 0 saturated carbocycles. The predicted molar refractivity (Wildman–Crippen MR) is 77.4 cm³/mol. The zero-order chi connectivity index (χ0) is 14.7. The number of hydrogen-bond donors (Lipinski definition) is 2. The van der Waals surface area contributed by atoms with Gasteiger partial charge in [0.25, 0.3) is 10.0 Å². The van der Waals surface area contributed by atoms with Crippen molar-refractivity contribution in [3.05, 3.63) is 29.8 Å². The van der Waals surface area contributed by atoms with Crippen LogP contribution in [-0.4, -0.2) is 27.3 Å². The van der Waals surface area contributed by atoms with Crippen molar-refractivity contribution in [2.75, 3.05) is 13.7 Å². The van der Waals surface area contributed by atoms with Gasteiger partial charge in [0, 0.05) is 12.5 Å². The van der Waals surface area contributed by atoms with Gasteiger partial charge in [-0.3, -0.25) is 9.11 Å². The van der Waals surface area contributed by atoms with Crippen LogP contribution >= 0.6 is 12.2 Å². The molecule has 0 spiro atoms. The number of thiocarbonyl (C=S) groups is 1. The highest BCUT2D eigenvalue weighted by Gasteiger charge is 2.22. The lowest BCUT2D eigenvalue weighted by Crippen LogP contribution is -2.37. The van der Waals surface area contributed by atoms with E-state index in [2.05, 4.69) is 10.0 Å². The second-order valence-electron chi connectivity index (χ2n) is 4.73. The summed E-state index contributed by atoms with van der Waals surface area (Å²) in [5, 5.41) is 2.55. The van der Waals surface area contributed by atoms with Crippen LogP contribution in [0.1, 0.15) is 19.4 Å². The quantitative estimate of drug-likeness (QED) is 0.832. The molecular weight excluding hydrogens is 287 g/mol. The smallest absolute Gasteiger partial charge is 0.263 e. The molecule has 106 valence electrons. The molecule has 19 heavy (non-hydrogen) atoms. The first-order valence-electron chi connectivity index (χ1n) is 5.64. The highest BCUT2D eigenvalue weighted by molar-refractivity contribution is 7.91. The Labute approximate surface area is 118 Å². The number of rotatable bonds is 4. The summed E-state index contributed by atoms with van der Waals surface area (Å²) in [6.07, 6.45) is 0. The summed E-state index contributed by atoms with van der Waals surface area (Å²) in [6, 6.07) is 6.09. The van der Waals surface area contributed by atoms with Crippen LogP contribution in [0, 0.1) is 0 Å². The molecule has 0 heterocycles. The first-order valence-corrected chi connectivity index (χ1v) is 7.53. The summed E-state index contributed by atoms with van der Waals surface area (Å²) < 4.78 is 38.9. The normalized spacial score (nSPS) is 12.0. The van der Waals surface area contributed by atoms with Gasteiger partial charge in [0.05, 0.1) is 11.6 Å². The molecule has 0 bridgehead atoms. The fraction of sp³-hybridized carbons (Fsp3) is 0.417. The molecule has 0 unspecified atom stereocenters. The SMILES string of the molecule is CNC(=S)NS(=O)(=O)c1ccc(C(C)(C)CF)cc1. The lowest BCUT2D eigenvalue weighted by atomic mass is 9.86. The van der Waals surface area contributed by atoms with Gasteiger partial charge in [-0.25, -0.2) is 8.42 Å². The van der Waals surface area contributed by atoms with E-state index in [0.29, 0.717) is 0 Å². The maximum absolute atomic E-state index is 12.9. The first-order chi connectivity index (χ1) is 8.73. The first kappa shape index (κ1) is 15.8. The number of benzene rings is 1. The minimum absolute atomic E-state index is 0.0214. The Balaban J connectivity index is 3.02. The molecule has 1 aromatic rings. The molecule has 1 rings (SSSR count). The Morgan fingerprint density at radius 1 is 1.32 bits per heavy atom. The summed E-state index contributed by atoms with van der Waals surface area (Å²) >= 11 is 4.76. The number of sulfonamides is 1. The third kappa shape index (κ3) is 3.87. The Kier molecular flexibility index (Phi) is 4.86. The van der Waals surface area contributed by atoms with Gasteiger partial charge in [0.15, 0.2) is 5.11 Å². The number of halogens is 1. The summed E-state index contributed by atoms with van der Waals surface area (Å²) in [4.78, 5) is 0.0866. The van der Waals surface area contributed by atoms with E-state index in [1.165, 1.54) is 19.2 Å². The second kappa shape index (κ2) is 5.83. The van der Waals surface area contributed by atoms with Crippen LogP contribution in [0.3, 0.4) is 0 Å². The summed E-state index contributed by atoms with van der Waals surface area (Å²) in [6.45, 7) is 3.00. The molecule has 0 radical (unpaired) electrons. The average Bonchev–Trinajstić information content (AvgIpc) is 2.38. The Hall–Kier alpha value is -1.21. The zero-order valence-corrected chi connectivity index (χ0v) is 12.7. The van der Waals surface area contributed by atoms with Gasteiger partial charge in [0.1, 0.15) is 0 Å². The third-order valence-corrected chi connectivity index (χ3v) is 4.54. The van der Waals surface area contributed by atoms with Crippen LogP contribution in [0.15, 0.2) is 29.2 Å². The van der Waals surface area contributed by atoms with E-state index < -0.39 is 22.1 Å². The van der Waals surface area contributed by atoms with Crippen molar-refractivity contribution < 1.29 is 12.8 Å². The lowest BCUT2D eigenvalue weighted by molar-refractivity contribution is 0.351. The lowest BCUT2D eigenvalue weighted by Gasteiger charge is -2.21. The molecule has 2 N–H and O–H groups in total. The minimum atomic E-state index is -3.69. The summed E-state index contributed by atoms with van der Waals surface area (Å²) in [7, 11) is -2.16. The molecule has 4 nitrogen and oxygen atoms in total. The van der Waals surface area contributed by atoms with Crippen LogP contribution in [0.4, 0.5) is 4.39 Å². The van der Waals surface area contributed by atoms with E-state index in [4.69, 9.17) is 12.2 Å². The fourth-order valence-electron chi connectivity index (χ4n) is 1.39. The van der Waals surface area contributed by atoms with E-state index in [0.717, 1.165) is 5.56 Å². The Morgan fingerprint density at radius 2 is 1.84 bits per heavy atom. The van der Waals surface area contributed by atoms with Crippen molar-refractivity contribution in [2.45, 2.75) is 24.2 Å². The molecule has 0 aromatic heterocycles. The van der Waals surface area contributed by atoms with Crippen molar-refractivity contribution in [2.24, 2.45) is 0 Å². The highest BCUT2D eigenvalue weighted by Crippen LogP contribution is 2.24. The molecule has 0 aliphatic heterocycles. The molecule has 0 atom stereocenters. The Bertz CT molecular complexity index is 554. The van der Waals surface area contributed by atoms with Gasteiger partial charge in [-0.15, -0.1) is 0 Å². The number of nitrogens with one attached hydrogen (secondary N) is 2. The van der Waals surface area contributed by atoms with Crippen molar-refractivity contribution in [3.63, 3.8) is 0 Å². The van der Waals surface area contributed by atoms with Crippen molar-refractivity contribution in [1.82, 2.24) is 10.0 Å². The van der Waals surface area contributed by atoms with E-state index in [1.54, 1.807) is 26.0 Å². The van der Waals surface area contributed by atoms with Crippen LogP contribution < -0.4 is 10.0 Å². The monoisotopic (exact) mass is 304 g/mol. The zero-order valence-electron chi connectivity index (χ0n) is 11.0. The maximum atomic E-state index is 12.9. The molecule has 0 fully saturated rings. The topological polar surface area (TPSA) is 58.2 Å². The van der Waals surface area contributed by atoms with Crippen LogP contribution in [0.5, 0.6) is 0 Å². The summed E-state index contributed by atoms with van der Waals surface area (Å²) in [5.74, 6) is 0. The number of alkyl halides is 1. The van der Waals surface area contributed by atoms with Crippen LogP contribution in [0.2, 0.25) is 0 Å². The largest absolute Gasteiger partial charge is 0.365 e. The Morgan fingerprint density at radius 3 is 2.26 bits per heavy atom. The molecule has 0 aliphatic carbocycles. The molecule has 0 aliphatic rings. The van der Waals surface area contributed by atoms with E-state index >= 15 is 0 Å². The van der Waals surface area contributed by atoms with E-state index in [1.807, 2.05) is 0 Å². The van der Waals surface area contributed by atoms with E-state index in [-0.39, 0.29) is 10.0 Å². The van der Waals surface area contributed by atoms with Crippen molar-refractivity contribution >= 4 is 27.4 Å². The van der Waals surface area contributed by atoms with Crippen LogP contribution in [0.25, 0.3) is 0 Å². The average molecular weight is 304 g/mol. The predicted octanol–water partition coefficient (Wildman–Crippen LogP) is 1.72. The molecule has 0 amide bonds. The van der Waals surface area contributed by atoms with Crippen molar-refractivity contribution in [3.8, 4) is 0 Å². The second-order valence-corrected chi connectivity index (χ2v) is 6.82. The van der Waals surface area contributed by atoms with E-state index in [9.17, 15) is 12.8 Å². The minimum Gasteiger partial charge on any atom is -0.365 e. The van der Waals surface area contributed by atoms with Crippen molar-refractivity contribution in [1.29, 1.82) is 0 Å². The maximum Gasteiger partial charge on any atom is 0.263 e. The number of hydrogen-bond acceptors (Lipinski definition) is 3. The summed E-state index contributed by atoms with van der Waals surface area (Å²) in [5.41, 5.74) is 0.112. The molecule has 1 aromatic carbocycles. The molecule has 7 heteroatoms. The van der Waals surface area contributed by atoms with Gasteiger partial charge in [-0.2, -0.15) is 0 Å². The van der Waals surface area contributed by atoms with Gasteiger partial charge in [-0.1, -0.05) is 26.0 Å². The van der Waals surface area contributed by atoms with Gasteiger partial charge >= 0.3 is 0 Å². The van der Waals surface area contributed by atoms with Gasteiger partial charge in [0.2, 0.25) is 0 Å². The molecular formula is C12H17FN2O2S2.